The minimum atomic E-state index is -0.718. The fourth-order valence-corrected chi connectivity index (χ4v) is 2.63. The van der Waals surface area contributed by atoms with E-state index in [1.54, 1.807) is 12.1 Å². The Morgan fingerprint density at radius 2 is 1.93 bits per heavy atom. The van der Waals surface area contributed by atoms with Crippen LogP contribution in [0.4, 0.5) is 5.69 Å². The summed E-state index contributed by atoms with van der Waals surface area (Å²) in [5.74, 6) is 1.29. The fraction of sp³-hybridized carbons (Fsp3) is 0.381. The Labute approximate surface area is 170 Å². The molecule has 0 heterocycles. The standard InChI is InChI=1S/C21H28N4O4/c1-4-22-21(23-13-16-6-5-7-18(12-16)25(27)28)24-14-20(26)17-8-10-19(11-9-17)29-15(2)3/h5-12,15,20,26H,4,13-14H2,1-3H3,(H2,22,23,24). The van der Waals surface area contributed by atoms with Gasteiger partial charge in [0.15, 0.2) is 5.96 Å². The summed E-state index contributed by atoms with van der Waals surface area (Å²) in [6.45, 7) is 7.07. The van der Waals surface area contributed by atoms with Crippen LogP contribution in [-0.4, -0.2) is 35.2 Å². The van der Waals surface area contributed by atoms with Crippen molar-refractivity contribution in [2.75, 3.05) is 13.1 Å². The quantitative estimate of drug-likeness (QED) is 0.258. The van der Waals surface area contributed by atoms with E-state index in [1.807, 2.05) is 45.0 Å². The lowest BCUT2D eigenvalue weighted by Gasteiger charge is -2.16. The lowest BCUT2D eigenvalue weighted by atomic mass is 10.1. The van der Waals surface area contributed by atoms with E-state index in [0.29, 0.717) is 12.5 Å². The van der Waals surface area contributed by atoms with Gasteiger partial charge in [-0.25, -0.2) is 4.99 Å². The second-order valence-electron chi connectivity index (χ2n) is 6.75. The SMILES string of the molecule is CCNC(=NCc1cccc([N+](=O)[O-])c1)NCC(O)c1ccc(OC(C)C)cc1. The van der Waals surface area contributed by atoms with Gasteiger partial charge in [0.05, 0.1) is 23.7 Å². The van der Waals surface area contributed by atoms with Crippen LogP contribution < -0.4 is 15.4 Å². The first-order chi connectivity index (χ1) is 13.9. The lowest BCUT2D eigenvalue weighted by molar-refractivity contribution is -0.384. The number of guanidine groups is 1. The number of aliphatic imine (C=N–C) groups is 1. The molecule has 2 aromatic carbocycles. The molecule has 0 fully saturated rings. The van der Waals surface area contributed by atoms with Crippen molar-refractivity contribution in [1.82, 2.24) is 10.6 Å². The number of aliphatic hydroxyl groups is 1. The molecule has 29 heavy (non-hydrogen) atoms. The predicted octanol–water partition coefficient (Wildman–Crippen LogP) is 3.17. The second-order valence-corrected chi connectivity index (χ2v) is 6.75. The molecule has 0 aliphatic carbocycles. The summed E-state index contributed by atoms with van der Waals surface area (Å²) >= 11 is 0. The predicted molar refractivity (Wildman–Crippen MR) is 113 cm³/mol. The third kappa shape index (κ3) is 7.42. The monoisotopic (exact) mass is 400 g/mol. The molecule has 0 spiro atoms. The Kier molecular flexibility index (Phi) is 8.42. The highest BCUT2D eigenvalue weighted by molar-refractivity contribution is 5.79. The molecule has 0 aliphatic heterocycles. The highest BCUT2D eigenvalue weighted by atomic mass is 16.6. The topological polar surface area (TPSA) is 109 Å². The van der Waals surface area contributed by atoms with Gasteiger partial charge >= 0.3 is 0 Å². The molecule has 8 heteroatoms. The van der Waals surface area contributed by atoms with E-state index in [0.717, 1.165) is 16.9 Å². The number of nitrogens with zero attached hydrogens (tertiary/aromatic N) is 2. The molecule has 1 unspecified atom stereocenters. The highest BCUT2D eigenvalue weighted by Crippen LogP contribution is 2.18. The van der Waals surface area contributed by atoms with Gasteiger partial charge in [-0.3, -0.25) is 10.1 Å². The van der Waals surface area contributed by atoms with Crippen LogP contribution in [0.15, 0.2) is 53.5 Å². The molecule has 2 rings (SSSR count). The van der Waals surface area contributed by atoms with Gasteiger partial charge in [0.25, 0.3) is 5.69 Å². The van der Waals surface area contributed by atoms with E-state index in [-0.39, 0.29) is 24.9 Å². The Morgan fingerprint density at radius 1 is 1.21 bits per heavy atom. The van der Waals surface area contributed by atoms with Crippen molar-refractivity contribution in [3.8, 4) is 5.75 Å². The minimum Gasteiger partial charge on any atom is -0.491 e. The second kappa shape index (κ2) is 11.0. The van der Waals surface area contributed by atoms with Crippen LogP contribution in [0.1, 0.15) is 38.0 Å². The summed E-state index contributed by atoms with van der Waals surface area (Å²) in [5.41, 5.74) is 1.54. The van der Waals surface area contributed by atoms with Crippen LogP contribution in [0.2, 0.25) is 0 Å². The molecule has 1 atom stereocenters. The zero-order valence-corrected chi connectivity index (χ0v) is 17.0. The first-order valence-electron chi connectivity index (χ1n) is 9.59. The van der Waals surface area contributed by atoms with Crippen LogP contribution >= 0.6 is 0 Å². The fourth-order valence-electron chi connectivity index (χ4n) is 2.63. The summed E-state index contributed by atoms with van der Waals surface area (Å²) in [7, 11) is 0. The number of aliphatic hydroxyl groups excluding tert-OH is 1. The molecule has 156 valence electrons. The van der Waals surface area contributed by atoms with Crippen molar-refractivity contribution < 1.29 is 14.8 Å². The van der Waals surface area contributed by atoms with Crippen molar-refractivity contribution in [2.45, 2.75) is 39.5 Å². The molecule has 0 aliphatic rings. The van der Waals surface area contributed by atoms with Crippen molar-refractivity contribution in [1.29, 1.82) is 0 Å². The average Bonchev–Trinajstić information content (AvgIpc) is 2.70. The first kappa shape index (κ1) is 22.2. The first-order valence-corrected chi connectivity index (χ1v) is 9.59. The normalized spacial score (nSPS) is 12.5. The van der Waals surface area contributed by atoms with Crippen LogP contribution in [-0.2, 0) is 6.54 Å². The molecule has 8 nitrogen and oxygen atoms in total. The molecule has 2 aromatic rings. The molecule has 3 N–H and O–H groups in total. The van der Waals surface area contributed by atoms with E-state index in [2.05, 4.69) is 15.6 Å². The smallest absolute Gasteiger partial charge is 0.269 e. The number of nitro groups is 1. The van der Waals surface area contributed by atoms with E-state index < -0.39 is 11.0 Å². The van der Waals surface area contributed by atoms with E-state index >= 15 is 0 Å². The molecule has 0 saturated carbocycles. The van der Waals surface area contributed by atoms with Crippen molar-refractivity contribution in [2.24, 2.45) is 4.99 Å². The third-order valence-electron chi connectivity index (χ3n) is 3.98. The van der Waals surface area contributed by atoms with Crippen molar-refractivity contribution in [3.63, 3.8) is 0 Å². The zero-order chi connectivity index (χ0) is 21.2. The van der Waals surface area contributed by atoms with Gasteiger partial charge < -0.3 is 20.5 Å². The number of rotatable bonds is 9. The summed E-state index contributed by atoms with van der Waals surface area (Å²) < 4.78 is 5.61. The largest absolute Gasteiger partial charge is 0.491 e. The minimum absolute atomic E-state index is 0.0379. The Bertz CT molecular complexity index is 822. The molecule has 0 amide bonds. The summed E-state index contributed by atoms with van der Waals surface area (Å²) in [5, 5.41) is 27.5. The number of hydrogen-bond donors (Lipinski definition) is 3. The number of nitrogens with one attached hydrogen (secondary N) is 2. The van der Waals surface area contributed by atoms with Crippen LogP contribution in [0, 0.1) is 10.1 Å². The maximum atomic E-state index is 10.9. The summed E-state index contributed by atoms with van der Waals surface area (Å²) in [6, 6.07) is 13.7. The molecular weight excluding hydrogens is 372 g/mol. The van der Waals surface area contributed by atoms with Gasteiger partial charge in [0, 0.05) is 25.2 Å². The summed E-state index contributed by atoms with van der Waals surface area (Å²) in [6.07, 6.45) is -0.623. The van der Waals surface area contributed by atoms with Gasteiger partial charge in [-0.2, -0.15) is 0 Å². The molecule has 0 saturated heterocycles. The highest BCUT2D eigenvalue weighted by Gasteiger charge is 2.10. The van der Waals surface area contributed by atoms with Gasteiger partial charge in [0.2, 0.25) is 0 Å². The lowest BCUT2D eigenvalue weighted by Crippen LogP contribution is -2.39. The van der Waals surface area contributed by atoms with Crippen LogP contribution in [0.3, 0.4) is 0 Å². The molecule has 0 bridgehead atoms. The number of non-ortho nitro benzene ring substituents is 1. The van der Waals surface area contributed by atoms with Crippen molar-refractivity contribution >= 4 is 11.6 Å². The average molecular weight is 400 g/mol. The Morgan fingerprint density at radius 3 is 2.55 bits per heavy atom. The van der Waals surface area contributed by atoms with E-state index in [4.69, 9.17) is 4.74 Å². The van der Waals surface area contributed by atoms with Gasteiger partial charge in [-0.15, -0.1) is 0 Å². The molecule has 0 aromatic heterocycles. The zero-order valence-electron chi connectivity index (χ0n) is 17.0. The van der Waals surface area contributed by atoms with Crippen LogP contribution in [0.25, 0.3) is 0 Å². The number of ether oxygens (including phenoxy) is 1. The maximum Gasteiger partial charge on any atom is 0.269 e. The third-order valence-corrected chi connectivity index (χ3v) is 3.98. The van der Waals surface area contributed by atoms with E-state index in [1.165, 1.54) is 12.1 Å². The number of benzene rings is 2. The number of nitro benzene ring substituents is 1. The van der Waals surface area contributed by atoms with Gasteiger partial charge in [-0.1, -0.05) is 24.3 Å². The summed E-state index contributed by atoms with van der Waals surface area (Å²) in [4.78, 5) is 14.9. The Balaban J connectivity index is 1.96. The molecule has 0 radical (unpaired) electrons. The maximum absolute atomic E-state index is 10.9. The van der Waals surface area contributed by atoms with Gasteiger partial charge in [0.1, 0.15) is 5.75 Å². The van der Waals surface area contributed by atoms with Crippen LogP contribution in [0.5, 0.6) is 5.75 Å². The number of hydrogen-bond acceptors (Lipinski definition) is 5. The van der Waals surface area contributed by atoms with E-state index in [9.17, 15) is 15.2 Å². The molecular formula is C21H28N4O4. The Hall–Kier alpha value is -3.13. The van der Waals surface area contributed by atoms with Crippen molar-refractivity contribution in [3.05, 3.63) is 69.8 Å². The van der Waals surface area contributed by atoms with Gasteiger partial charge in [-0.05, 0) is 44.0 Å².